The van der Waals surface area contributed by atoms with Crippen LogP contribution < -0.4 is 0 Å². The van der Waals surface area contributed by atoms with Crippen LogP contribution in [0.15, 0.2) is 18.7 Å². The van der Waals surface area contributed by atoms with Gasteiger partial charge in [0.1, 0.15) is 0 Å². The molecule has 0 bridgehead atoms. The second-order valence-electron chi connectivity index (χ2n) is 4.06. The topological polar surface area (TPSA) is 43.6 Å². The van der Waals surface area contributed by atoms with Gasteiger partial charge in [0.15, 0.2) is 5.82 Å². The minimum Gasteiger partial charge on any atom is -0.310 e. The highest BCUT2D eigenvalue weighted by molar-refractivity contribution is 5.53. The third-order valence-electron chi connectivity index (χ3n) is 1.95. The standard InChI is InChI=1S/C9H12N4/c1-9(2,3)13-6-10-4-7-5-11-12-8(7)13/h4-6H,1-3H3. The van der Waals surface area contributed by atoms with Gasteiger partial charge in [0.05, 0.1) is 18.1 Å². The van der Waals surface area contributed by atoms with Crippen molar-refractivity contribution in [3.8, 4) is 11.4 Å². The van der Waals surface area contributed by atoms with Crippen molar-refractivity contribution in [3.05, 3.63) is 18.7 Å². The molecule has 0 aromatic heterocycles. The highest BCUT2D eigenvalue weighted by atomic mass is 15.2. The van der Waals surface area contributed by atoms with Gasteiger partial charge in [-0.3, -0.25) is 0 Å². The van der Waals surface area contributed by atoms with Crippen LogP contribution in [-0.2, 0) is 5.54 Å². The summed E-state index contributed by atoms with van der Waals surface area (Å²) in [5, 5.41) is 7.92. The lowest BCUT2D eigenvalue weighted by molar-refractivity contribution is 0.390. The SMILES string of the molecule is CC(C)(C)n1cncc2cnnc1-2. The van der Waals surface area contributed by atoms with Crippen LogP contribution in [-0.4, -0.2) is 19.7 Å². The molecule has 0 saturated heterocycles. The van der Waals surface area contributed by atoms with Gasteiger partial charge < -0.3 is 4.57 Å². The summed E-state index contributed by atoms with van der Waals surface area (Å²) in [7, 11) is 0. The molecule has 0 aromatic rings. The summed E-state index contributed by atoms with van der Waals surface area (Å²) >= 11 is 0. The van der Waals surface area contributed by atoms with E-state index in [2.05, 4.69) is 36.0 Å². The van der Waals surface area contributed by atoms with Crippen molar-refractivity contribution in [2.24, 2.45) is 0 Å². The van der Waals surface area contributed by atoms with Crippen LogP contribution in [0.4, 0.5) is 0 Å². The summed E-state index contributed by atoms with van der Waals surface area (Å²) < 4.78 is 2.02. The molecular formula is C9H12N4. The predicted octanol–water partition coefficient (Wildman–Crippen LogP) is 1.53. The van der Waals surface area contributed by atoms with Crippen LogP contribution >= 0.6 is 0 Å². The van der Waals surface area contributed by atoms with Gasteiger partial charge in [-0.25, -0.2) is 4.98 Å². The van der Waals surface area contributed by atoms with E-state index in [-0.39, 0.29) is 5.54 Å². The van der Waals surface area contributed by atoms with Gasteiger partial charge in [-0.05, 0) is 20.8 Å². The Balaban J connectivity index is 2.65. The van der Waals surface area contributed by atoms with E-state index in [1.165, 1.54) is 0 Å². The van der Waals surface area contributed by atoms with Crippen molar-refractivity contribution >= 4 is 0 Å². The molecule has 0 aliphatic carbocycles. The molecule has 68 valence electrons. The molecule has 0 spiro atoms. The van der Waals surface area contributed by atoms with Gasteiger partial charge >= 0.3 is 0 Å². The molecule has 2 rings (SSSR count). The fourth-order valence-corrected chi connectivity index (χ4v) is 1.27. The maximum Gasteiger partial charge on any atom is 0.167 e. The van der Waals surface area contributed by atoms with E-state index in [1.807, 2.05) is 4.57 Å². The third-order valence-corrected chi connectivity index (χ3v) is 1.95. The zero-order chi connectivity index (χ0) is 9.47. The largest absolute Gasteiger partial charge is 0.310 e. The minimum atomic E-state index is -0.00442. The number of rotatable bonds is 0. The molecular weight excluding hydrogens is 164 g/mol. The first-order valence-corrected chi connectivity index (χ1v) is 4.23. The van der Waals surface area contributed by atoms with Crippen LogP contribution in [0.1, 0.15) is 20.8 Å². The van der Waals surface area contributed by atoms with Crippen LogP contribution in [0.25, 0.3) is 11.4 Å². The lowest BCUT2D eigenvalue weighted by Gasteiger charge is -2.24. The summed E-state index contributed by atoms with van der Waals surface area (Å²) in [6, 6.07) is 0. The molecule has 0 saturated carbocycles. The number of fused-ring (bicyclic) bond motifs is 1. The fraction of sp³-hybridized carbons (Fsp3) is 0.444. The number of hydrogen-bond acceptors (Lipinski definition) is 3. The second-order valence-corrected chi connectivity index (χ2v) is 4.06. The molecule has 13 heavy (non-hydrogen) atoms. The predicted molar refractivity (Wildman–Crippen MR) is 49.4 cm³/mol. The van der Waals surface area contributed by atoms with Gasteiger partial charge in [0.25, 0.3) is 0 Å². The lowest BCUT2D eigenvalue weighted by Crippen LogP contribution is -2.24. The van der Waals surface area contributed by atoms with E-state index in [0.29, 0.717) is 0 Å². The van der Waals surface area contributed by atoms with Crippen LogP contribution in [0, 0.1) is 0 Å². The Hall–Kier alpha value is -1.45. The van der Waals surface area contributed by atoms with E-state index in [4.69, 9.17) is 0 Å². The summed E-state index contributed by atoms with van der Waals surface area (Å²) in [5.41, 5.74) is 0.979. The van der Waals surface area contributed by atoms with E-state index in [9.17, 15) is 0 Å². The van der Waals surface area contributed by atoms with Crippen molar-refractivity contribution in [1.82, 2.24) is 19.7 Å². The quantitative estimate of drug-likeness (QED) is 0.611. The second kappa shape index (κ2) is 2.52. The van der Waals surface area contributed by atoms with Gasteiger partial charge in [-0.1, -0.05) is 0 Å². The molecule has 0 fully saturated rings. The monoisotopic (exact) mass is 176 g/mol. The zero-order valence-corrected chi connectivity index (χ0v) is 8.02. The molecule has 0 amide bonds. The van der Waals surface area contributed by atoms with Crippen molar-refractivity contribution in [1.29, 1.82) is 0 Å². The lowest BCUT2D eigenvalue weighted by atomic mass is 10.1. The Morgan fingerprint density at radius 1 is 1.23 bits per heavy atom. The Morgan fingerprint density at radius 2 is 2.00 bits per heavy atom. The summed E-state index contributed by atoms with van der Waals surface area (Å²) in [6.45, 7) is 6.34. The van der Waals surface area contributed by atoms with Crippen molar-refractivity contribution in [2.45, 2.75) is 26.3 Å². The molecule has 2 aliphatic heterocycles. The van der Waals surface area contributed by atoms with Crippen molar-refractivity contribution < 1.29 is 0 Å². The number of aromatic nitrogens is 4. The maximum absolute atomic E-state index is 4.13. The van der Waals surface area contributed by atoms with Gasteiger partial charge in [0, 0.05) is 11.7 Å². The fourth-order valence-electron chi connectivity index (χ4n) is 1.27. The van der Waals surface area contributed by atoms with Crippen LogP contribution in [0.3, 0.4) is 0 Å². The molecule has 2 heterocycles. The first-order chi connectivity index (χ1) is 6.09. The Labute approximate surface area is 77.0 Å². The molecule has 0 atom stereocenters. The molecule has 0 unspecified atom stereocenters. The number of hydrogen-bond donors (Lipinski definition) is 0. The highest BCUT2D eigenvalue weighted by Gasteiger charge is 2.19. The van der Waals surface area contributed by atoms with E-state index in [0.717, 1.165) is 11.4 Å². The molecule has 4 heteroatoms. The van der Waals surface area contributed by atoms with Gasteiger partial charge in [-0.15, -0.1) is 5.10 Å². The average molecular weight is 176 g/mol. The highest BCUT2D eigenvalue weighted by Crippen LogP contribution is 2.23. The number of nitrogens with zero attached hydrogens (tertiary/aromatic N) is 4. The molecule has 4 nitrogen and oxygen atoms in total. The smallest absolute Gasteiger partial charge is 0.167 e. The molecule has 0 aromatic carbocycles. The summed E-state index contributed by atoms with van der Waals surface area (Å²) in [5.74, 6) is 0.891. The Bertz CT molecular complexity index is 385. The Morgan fingerprint density at radius 3 is 2.69 bits per heavy atom. The minimum absolute atomic E-state index is 0.00442. The molecule has 2 aliphatic rings. The van der Waals surface area contributed by atoms with E-state index in [1.54, 1.807) is 18.7 Å². The van der Waals surface area contributed by atoms with Crippen molar-refractivity contribution in [3.63, 3.8) is 0 Å². The molecule has 0 radical (unpaired) electrons. The Kier molecular flexibility index (Phi) is 1.58. The van der Waals surface area contributed by atoms with Crippen LogP contribution in [0.5, 0.6) is 0 Å². The summed E-state index contributed by atoms with van der Waals surface area (Å²) in [4.78, 5) is 4.13. The first kappa shape index (κ1) is 8.16. The van der Waals surface area contributed by atoms with E-state index < -0.39 is 0 Å². The third kappa shape index (κ3) is 1.28. The van der Waals surface area contributed by atoms with Gasteiger partial charge in [0.2, 0.25) is 0 Å². The van der Waals surface area contributed by atoms with E-state index >= 15 is 0 Å². The zero-order valence-electron chi connectivity index (χ0n) is 8.02. The van der Waals surface area contributed by atoms with Crippen LogP contribution in [0.2, 0.25) is 0 Å². The maximum atomic E-state index is 4.13. The molecule has 0 N–H and O–H groups in total. The summed E-state index contributed by atoms with van der Waals surface area (Å²) in [6.07, 6.45) is 5.29. The average Bonchev–Trinajstić information content (AvgIpc) is 2.48. The normalized spacial score (nSPS) is 12.2. The first-order valence-electron chi connectivity index (χ1n) is 4.23. The van der Waals surface area contributed by atoms with Gasteiger partial charge in [-0.2, -0.15) is 5.10 Å². The van der Waals surface area contributed by atoms with Crippen molar-refractivity contribution in [2.75, 3.05) is 0 Å².